The Hall–Kier alpha value is -3.54. The minimum Gasteiger partial charge on any atom is -0.350 e. The summed E-state index contributed by atoms with van der Waals surface area (Å²) < 4.78 is 13.6. The van der Waals surface area contributed by atoms with Crippen LogP contribution in [0.15, 0.2) is 72.9 Å². The number of nitrogens with one attached hydrogen (secondary N) is 2. The van der Waals surface area contributed by atoms with Crippen LogP contribution >= 0.6 is 0 Å². The normalized spacial score (nSPS) is 10.3. The van der Waals surface area contributed by atoms with Crippen molar-refractivity contribution in [2.45, 2.75) is 13.0 Å². The van der Waals surface area contributed by atoms with Crippen LogP contribution in [-0.4, -0.2) is 23.3 Å². The van der Waals surface area contributed by atoms with Gasteiger partial charge in [0.1, 0.15) is 11.5 Å². The van der Waals surface area contributed by atoms with Crippen molar-refractivity contribution in [1.82, 2.24) is 15.6 Å². The number of aromatic nitrogens is 1. The molecule has 0 bridgehead atoms. The van der Waals surface area contributed by atoms with E-state index in [0.717, 1.165) is 5.56 Å². The molecule has 3 rings (SSSR count). The van der Waals surface area contributed by atoms with E-state index < -0.39 is 5.91 Å². The third-order valence-corrected chi connectivity index (χ3v) is 4.19. The molecule has 0 aliphatic carbocycles. The number of benzene rings is 2. The molecule has 28 heavy (non-hydrogen) atoms. The molecule has 2 aromatic carbocycles. The van der Waals surface area contributed by atoms with Gasteiger partial charge < -0.3 is 10.6 Å². The van der Waals surface area contributed by atoms with Gasteiger partial charge in [0.25, 0.3) is 11.8 Å². The summed E-state index contributed by atoms with van der Waals surface area (Å²) in [5, 5.41) is 5.44. The largest absolute Gasteiger partial charge is 0.350 e. The van der Waals surface area contributed by atoms with Crippen LogP contribution < -0.4 is 10.6 Å². The first-order valence-corrected chi connectivity index (χ1v) is 8.93. The van der Waals surface area contributed by atoms with Gasteiger partial charge in [-0.2, -0.15) is 0 Å². The lowest BCUT2D eigenvalue weighted by Crippen LogP contribution is -2.28. The third kappa shape index (κ3) is 5.23. The number of rotatable bonds is 7. The summed E-state index contributed by atoms with van der Waals surface area (Å²) >= 11 is 0. The number of carbonyl (C=O) groups excluding carboxylic acids is 2. The van der Waals surface area contributed by atoms with E-state index in [2.05, 4.69) is 15.6 Å². The van der Waals surface area contributed by atoms with Crippen molar-refractivity contribution in [3.8, 4) is 0 Å². The maximum absolute atomic E-state index is 13.6. The summed E-state index contributed by atoms with van der Waals surface area (Å²) in [6, 6.07) is 19.0. The predicted molar refractivity (Wildman–Crippen MR) is 104 cm³/mol. The number of amides is 2. The summed E-state index contributed by atoms with van der Waals surface area (Å²) in [7, 11) is 0. The molecule has 5 nitrogen and oxygen atoms in total. The van der Waals surface area contributed by atoms with Gasteiger partial charge in [-0.15, -0.1) is 0 Å². The van der Waals surface area contributed by atoms with Crippen molar-refractivity contribution in [3.63, 3.8) is 0 Å². The smallest absolute Gasteiger partial charge is 0.269 e. The Morgan fingerprint density at radius 2 is 1.64 bits per heavy atom. The first-order valence-electron chi connectivity index (χ1n) is 8.93. The molecule has 3 aromatic rings. The Morgan fingerprint density at radius 1 is 0.893 bits per heavy atom. The van der Waals surface area contributed by atoms with Gasteiger partial charge >= 0.3 is 0 Å². The van der Waals surface area contributed by atoms with Gasteiger partial charge in [0.2, 0.25) is 0 Å². The van der Waals surface area contributed by atoms with Crippen LogP contribution in [0.1, 0.15) is 32.0 Å². The molecule has 6 heteroatoms. The highest BCUT2D eigenvalue weighted by atomic mass is 19.1. The Balaban J connectivity index is 1.55. The summed E-state index contributed by atoms with van der Waals surface area (Å²) in [6.07, 6.45) is 2.11. The molecule has 0 atom stereocenters. The molecule has 0 aliphatic rings. The lowest BCUT2D eigenvalue weighted by molar-refractivity contribution is 0.0949. The quantitative estimate of drug-likeness (QED) is 0.665. The van der Waals surface area contributed by atoms with Crippen molar-refractivity contribution >= 4 is 11.8 Å². The highest BCUT2D eigenvalue weighted by Gasteiger charge is 2.12. The van der Waals surface area contributed by atoms with E-state index in [1.165, 1.54) is 24.4 Å². The molecular formula is C22H20FN3O2. The van der Waals surface area contributed by atoms with Crippen molar-refractivity contribution < 1.29 is 14.0 Å². The zero-order valence-corrected chi connectivity index (χ0v) is 15.2. The van der Waals surface area contributed by atoms with E-state index in [9.17, 15) is 14.0 Å². The van der Waals surface area contributed by atoms with Crippen molar-refractivity contribution in [3.05, 3.63) is 101 Å². The van der Waals surface area contributed by atoms with Crippen LogP contribution in [0.4, 0.5) is 4.39 Å². The van der Waals surface area contributed by atoms with E-state index >= 15 is 0 Å². The Bertz CT molecular complexity index is 961. The van der Waals surface area contributed by atoms with Gasteiger partial charge in [0.05, 0.1) is 0 Å². The minimum atomic E-state index is -0.399. The molecule has 0 fully saturated rings. The van der Waals surface area contributed by atoms with Gasteiger partial charge in [0.15, 0.2) is 0 Å². The van der Waals surface area contributed by atoms with Crippen LogP contribution in [0.3, 0.4) is 0 Å². The summed E-state index contributed by atoms with van der Waals surface area (Å²) in [5.41, 5.74) is 1.96. The van der Waals surface area contributed by atoms with E-state index in [4.69, 9.17) is 0 Å². The molecule has 0 unspecified atom stereocenters. The second-order valence-electron chi connectivity index (χ2n) is 6.20. The van der Waals surface area contributed by atoms with E-state index in [1.807, 2.05) is 30.3 Å². The average Bonchev–Trinajstić information content (AvgIpc) is 2.74. The van der Waals surface area contributed by atoms with Gasteiger partial charge in [0, 0.05) is 30.4 Å². The Morgan fingerprint density at radius 3 is 2.43 bits per heavy atom. The maximum Gasteiger partial charge on any atom is 0.269 e. The highest BCUT2D eigenvalue weighted by molar-refractivity contribution is 5.98. The number of hydrogen-bond donors (Lipinski definition) is 2. The minimum absolute atomic E-state index is 0.0619. The SMILES string of the molecule is O=C(NCc1ccccc1F)c1ccnc(C(=O)NCCc2ccccc2)c1. The van der Waals surface area contributed by atoms with Gasteiger partial charge in [-0.25, -0.2) is 4.39 Å². The number of nitrogens with zero attached hydrogens (tertiary/aromatic N) is 1. The summed E-state index contributed by atoms with van der Waals surface area (Å²) in [5.74, 6) is -1.13. The molecular weight excluding hydrogens is 357 g/mol. The molecule has 142 valence electrons. The number of carbonyl (C=O) groups is 2. The van der Waals surface area contributed by atoms with Crippen molar-refractivity contribution in [1.29, 1.82) is 0 Å². The van der Waals surface area contributed by atoms with Crippen LogP contribution in [0.5, 0.6) is 0 Å². The first-order chi connectivity index (χ1) is 13.6. The molecule has 1 heterocycles. The van der Waals surface area contributed by atoms with E-state index in [-0.39, 0.29) is 24.0 Å². The standard InChI is InChI=1S/C22H20FN3O2/c23-19-9-5-4-8-18(19)15-26-21(27)17-11-13-24-20(14-17)22(28)25-12-10-16-6-2-1-3-7-16/h1-9,11,13-14H,10,12,15H2,(H,25,28)(H,26,27). The molecule has 0 spiro atoms. The van der Waals surface area contributed by atoms with E-state index in [0.29, 0.717) is 24.1 Å². The highest BCUT2D eigenvalue weighted by Crippen LogP contribution is 2.07. The Kier molecular flexibility index (Phi) is 6.46. The summed E-state index contributed by atoms with van der Waals surface area (Å²) in [6.45, 7) is 0.528. The average molecular weight is 377 g/mol. The first kappa shape index (κ1) is 19.2. The molecule has 2 amide bonds. The topological polar surface area (TPSA) is 71.1 Å². The van der Waals surface area contributed by atoms with Crippen LogP contribution in [0.2, 0.25) is 0 Å². The van der Waals surface area contributed by atoms with Gasteiger partial charge in [-0.1, -0.05) is 48.5 Å². The van der Waals surface area contributed by atoms with Crippen molar-refractivity contribution in [2.24, 2.45) is 0 Å². The fourth-order valence-corrected chi connectivity index (χ4v) is 2.67. The maximum atomic E-state index is 13.6. The lowest BCUT2D eigenvalue weighted by atomic mass is 10.1. The molecule has 0 saturated heterocycles. The number of halogens is 1. The fraction of sp³-hybridized carbons (Fsp3) is 0.136. The Labute approximate surface area is 162 Å². The number of pyridine rings is 1. The summed E-state index contributed by atoms with van der Waals surface area (Å²) in [4.78, 5) is 28.6. The van der Waals surface area contributed by atoms with Crippen molar-refractivity contribution in [2.75, 3.05) is 6.54 Å². The fourth-order valence-electron chi connectivity index (χ4n) is 2.67. The number of hydrogen-bond acceptors (Lipinski definition) is 3. The van der Waals surface area contributed by atoms with Crippen LogP contribution in [0, 0.1) is 5.82 Å². The third-order valence-electron chi connectivity index (χ3n) is 4.19. The molecule has 0 aliphatic heterocycles. The second kappa shape index (κ2) is 9.41. The molecule has 0 saturated carbocycles. The lowest BCUT2D eigenvalue weighted by Gasteiger charge is -2.08. The monoisotopic (exact) mass is 377 g/mol. The molecule has 1 aromatic heterocycles. The molecule has 2 N–H and O–H groups in total. The van der Waals surface area contributed by atoms with Gasteiger partial charge in [-0.05, 0) is 30.2 Å². The molecule has 0 radical (unpaired) electrons. The van der Waals surface area contributed by atoms with Crippen LogP contribution in [0.25, 0.3) is 0 Å². The second-order valence-corrected chi connectivity index (χ2v) is 6.20. The van der Waals surface area contributed by atoms with Gasteiger partial charge in [-0.3, -0.25) is 14.6 Å². The predicted octanol–water partition coefficient (Wildman–Crippen LogP) is 3.12. The van der Waals surface area contributed by atoms with E-state index in [1.54, 1.807) is 18.2 Å². The zero-order valence-electron chi connectivity index (χ0n) is 15.2. The van der Waals surface area contributed by atoms with Crippen LogP contribution in [-0.2, 0) is 13.0 Å². The zero-order chi connectivity index (χ0) is 19.8.